The zero-order valence-corrected chi connectivity index (χ0v) is 17.8. The molecule has 3 aromatic rings. The molecule has 1 aromatic heterocycles. The lowest BCUT2D eigenvalue weighted by molar-refractivity contribution is -0.137. The van der Waals surface area contributed by atoms with Crippen molar-refractivity contribution in [1.82, 2.24) is 15.1 Å². The average Bonchev–Trinajstić information content (AvgIpc) is 2.73. The summed E-state index contributed by atoms with van der Waals surface area (Å²) in [5.41, 5.74) is -0.0198. The number of benzene rings is 2. The minimum atomic E-state index is -4.53. The maximum absolute atomic E-state index is 13.2. The summed E-state index contributed by atoms with van der Waals surface area (Å²) in [6.45, 7) is 3.20. The molecule has 4 rings (SSSR count). The topological polar surface area (TPSA) is 70.1 Å². The number of carbonyl (C=O) groups is 1. The van der Waals surface area contributed by atoms with Gasteiger partial charge >= 0.3 is 6.18 Å². The number of nitrogens with zero attached hydrogens (tertiary/aromatic N) is 3. The van der Waals surface area contributed by atoms with Crippen molar-refractivity contribution in [3.05, 3.63) is 48.0 Å². The molecular weight excluding hydrogens is 419 g/mol. The first-order chi connectivity index (χ1) is 15.2. The number of fused-ring (bicyclic) bond motifs is 1. The number of rotatable bonds is 4. The van der Waals surface area contributed by atoms with Crippen LogP contribution in [0.4, 0.5) is 24.7 Å². The van der Waals surface area contributed by atoms with E-state index >= 15 is 0 Å². The van der Waals surface area contributed by atoms with Crippen LogP contribution in [-0.2, 0) is 11.0 Å². The van der Waals surface area contributed by atoms with Gasteiger partial charge in [0.25, 0.3) is 0 Å². The molecule has 32 heavy (non-hydrogen) atoms. The van der Waals surface area contributed by atoms with E-state index in [0.717, 1.165) is 48.8 Å². The van der Waals surface area contributed by atoms with E-state index < -0.39 is 17.6 Å². The van der Waals surface area contributed by atoms with Crippen LogP contribution in [0.15, 0.2) is 42.5 Å². The van der Waals surface area contributed by atoms with E-state index in [0.29, 0.717) is 17.1 Å². The van der Waals surface area contributed by atoms with Gasteiger partial charge in [-0.25, -0.2) is 0 Å². The molecule has 0 bridgehead atoms. The highest BCUT2D eigenvalue weighted by atomic mass is 19.4. The highest BCUT2D eigenvalue weighted by Gasteiger charge is 2.31. The van der Waals surface area contributed by atoms with Gasteiger partial charge in [0.2, 0.25) is 5.91 Å². The Morgan fingerprint density at radius 3 is 2.56 bits per heavy atom. The van der Waals surface area contributed by atoms with E-state index in [4.69, 9.17) is 0 Å². The van der Waals surface area contributed by atoms with Gasteiger partial charge in [0.15, 0.2) is 5.82 Å². The number of nitrogens with one attached hydrogen (secondary N) is 2. The molecule has 0 saturated carbocycles. The molecule has 1 fully saturated rings. The van der Waals surface area contributed by atoms with Crippen molar-refractivity contribution in [2.75, 3.05) is 30.8 Å². The summed E-state index contributed by atoms with van der Waals surface area (Å²) in [4.78, 5) is 13.9. The fraction of sp³-hybridized carbons (Fsp3) is 0.348. The first-order valence-corrected chi connectivity index (χ1v) is 10.4. The van der Waals surface area contributed by atoms with Crippen molar-refractivity contribution >= 4 is 28.2 Å². The number of aromatic nitrogens is 2. The quantitative estimate of drug-likeness (QED) is 0.607. The lowest BCUT2D eigenvalue weighted by Crippen LogP contribution is -2.40. The van der Waals surface area contributed by atoms with E-state index in [1.807, 2.05) is 24.3 Å². The fourth-order valence-electron chi connectivity index (χ4n) is 4.11. The SMILES string of the molecule is CC(=O)Nc1cc(C(F)(F)F)ccc1-c1nnc(N[C@@H]2CCCN(C)C2)c2ccccc12. The van der Waals surface area contributed by atoms with Crippen LogP contribution in [0.2, 0.25) is 0 Å². The molecule has 1 aliphatic rings. The smallest absolute Gasteiger partial charge is 0.364 e. The van der Waals surface area contributed by atoms with E-state index in [2.05, 4.69) is 32.8 Å². The van der Waals surface area contributed by atoms with Crippen LogP contribution < -0.4 is 10.6 Å². The summed E-state index contributed by atoms with van der Waals surface area (Å²) < 4.78 is 39.7. The highest BCUT2D eigenvalue weighted by Crippen LogP contribution is 2.38. The average molecular weight is 443 g/mol. The molecule has 2 heterocycles. The van der Waals surface area contributed by atoms with Gasteiger partial charge in [0, 0.05) is 35.8 Å². The molecule has 0 spiro atoms. The Balaban J connectivity index is 1.79. The summed E-state index contributed by atoms with van der Waals surface area (Å²) >= 11 is 0. The Bertz CT molecular complexity index is 1150. The number of likely N-dealkylation sites (tertiary alicyclic amines) is 1. The van der Waals surface area contributed by atoms with Gasteiger partial charge in [-0.15, -0.1) is 10.2 Å². The largest absolute Gasteiger partial charge is 0.416 e. The van der Waals surface area contributed by atoms with Crippen molar-refractivity contribution in [2.45, 2.75) is 32.0 Å². The van der Waals surface area contributed by atoms with Gasteiger partial charge < -0.3 is 15.5 Å². The highest BCUT2D eigenvalue weighted by molar-refractivity contribution is 6.03. The maximum atomic E-state index is 13.2. The monoisotopic (exact) mass is 443 g/mol. The molecule has 168 valence electrons. The third kappa shape index (κ3) is 4.67. The number of likely N-dealkylation sites (N-methyl/N-ethyl adjacent to an activating group) is 1. The van der Waals surface area contributed by atoms with Gasteiger partial charge in [-0.1, -0.05) is 30.3 Å². The summed E-state index contributed by atoms with van der Waals surface area (Å²) in [6, 6.07) is 11.0. The van der Waals surface area contributed by atoms with Crippen LogP contribution in [0, 0.1) is 0 Å². The molecule has 1 saturated heterocycles. The molecular formula is C23H24F3N5O. The Morgan fingerprint density at radius 2 is 1.88 bits per heavy atom. The molecule has 1 amide bonds. The summed E-state index contributed by atoms with van der Waals surface area (Å²) in [5, 5.41) is 16.3. The molecule has 6 nitrogen and oxygen atoms in total. The van der Waals surface area contributed by atoms with Crippen LogP contribution in [0.25, 0.3) is 22.0 Å². The lowest BCUT2D eigenvalue weighted by Gasteiger charge is -2.30. The van der Waals surface area contributed by atoms with Crippen molar-refractivity contribution in [2.24, 2.45) is 0 Å². The zero-order valence-electron chi connectivity index (χ0n) is 17.8. The predicted octanol–water partition coefficient (Wildman–Crippen LogP) is 4.78. The second-order valence-electron chi connectivity index (χ2n) is 8.13. The Kier molecular flexibility index (Phi) is 6.01. The van der Waals surface area contributed by atoms with E-state index in [9.17, 15) is 18.0 Å². The van der Waals surface area contributed by atoms with Crippen molar-refractivity contribution in [3.63, 3.8) is 0 Å². The molecule has 1 atom stereocenters. The van der Waals surface area contributed by atoms with Gasteiger partial charge in [0.05, 0.1) is 11.3 Å². The number of piperidine rings is 1. The summed E-state index contributed by atoms with van der Waals surface area (Å²) in [6.07, 6.45) is -2.42. The maximum Gasteiger partial charge on any atom is 0.416 e. The minimum absolute atomic E-state index is 0.0430. The van der Waals surface area contributed by atoms with Crippen LogP contribution in [0.1, 0.15) is 25.3 Å². The Hall–Kier alpha value is -3.20. The molecule has 1 aliphatic heterocycles. The minimum Gasteiger partial charge on any atom is -0.364 e. The number of amides is 1. The normalized spacial score (nSPS) is 17.3. The zero-order chi connectivity index (χ0) is 22.9. The molecule has 2 N–H and O–H groups in total. The van der Waals surface area contributed by atoms with Crippen molar-refractivity contribution < 1.29 is 18.0 Å². The molecule has 0 radical (unpaired) electrons. The van der Waals surface area contributed by atoms with Gasteiger partial charge in [-0.05, 0) is 38.6 Å². The summed E-state index contributed by atoms with van der Waals surface area (Å²) in [7, 11) is 2.08. The van der Waals surface area contributed by atoms with Crippen molar-refractivity contribution in [3.8, 4) is 11.3 Å². The van der Waals surface area contributed by atoms with Crippen molar-refractivity contribution in [1.29, 1.82) is 0 Å². The third-order valence-corrected chi connectivity index (χ3v) is 5.57. The number of hydrogen-bond acceptors (Lipinski definition) is 5. The molecule has 2 aromatic carbocycles. The number of carbonyl (C=O) groups excluding carboxylic acids is 1. The molecule has 0 unspecified atom stereocenters. The van der Waals surface area contributed by atoms with Crippen LogP contribution in [-0.4, -0.2) is 47.2 Å². The van der Waals surface area contributed by atoms with E-state index in [-0.39, 0.29) is 11.7 Å². The third-order valence-electron chi connectivity index (χ3n) is 5.57. The van der Waals surface area contributed by atoms with Crippen LogP contribution >= 0.6 is 0 Å². The number of halogens is 3. The fourth-order valence-corrected chi connectivity index (χ4v) is 4.11. The molecule has 9 heteroatoms. The Labute approximate surface area is 183 Å². The molecule has 0 aliphatic carbocycles. The van der Waals surface area contributed by atoms with Gasteiger partial charge in [-0.3, -0.25) is 4.79 Å². The van der Waals surface area contributed by atoms with E-state index in [1.54, 1.807) is 0 Å². The Morgan fingerprint density at radius 1 is 1.12 bits per heavy atom. The van der Waals surface area contributed by atoms with Crippen LogP contribution in [0.3, 0.4) is 0 Å². The van der Waals surface area contributed by atoms with E-state index in [1.165, 1.54) is 13.0 Å². The second kappa shape index (κ2) is 8.74. The predicted molar refractivity (Wildman–Crippen MR) is 118 cm³/mol. The number of anilines is 2. The second-order valence-corrected chi connectivity index (χ2v) is 8.13. The lowest BCUT2D eigenvalue weighted by atomic mass is 10.0. The standard InChI is InChI=1S/C23H24F3N5O/c1-14(32)27-20-12-15(23(24,25)26)9-10-19(20)21-17-7-3-4-8-18(17)22(30-29-21)28-16-6-5-11-31(2)13-16/h3-4,7-10,12,16H,5-6,11,13H2,1-2H3,(H,27,32)(H,28,30)/t16-/m1/s1. The number of alkyl halides is 3. The van der Waals surface area contributed by atoms with Crippen LogP contribution in [0.5, 0.6) is 0 Å². The first kappa shape index (κ1) is 22.0. The summed E-state index contributed by atoms with van der Waals surface area (Å²) in [5.74, 6) is 0.167. The number of hydrogen-bond donors (Lipinski definition) is 2. The van der Waals surface area contributed by atoms with Gasteiger partial charge in [-0.2, -0.15) is 13.2 Å². The van der Waals surface area contributed by atoms with Gasteiger partial charge in [0.1, 0.15) is 5.69 Å². The first-order valence-electron chi connectivity index (χ1n) is 10.4.